The van der Waals surface area contributed by atoms with Gasteiger partial charge < -0.3 is 10.0 Å². The minimum Gasteiger partial charge on any atom is -0.478 e. The normalized spacial score (nSPS) is 12.3. The van der Waals surface area contributed by atoms with Gasteiger partial charge in [0.25, 0.3) is 0 Å². The first-order chi connectivity index (χ1) is 9.56. The quantitative estimate of drug-likeness (QED) is 0.917. The van der Waals surface area contributed by atoms with Gasteiger partial charge in [0.05, 0.1) is 11.2 Å². The third-order valence-corrected chi connectivity index (χ3v) is 4.21. The van der Waals surface area contributed by atoms with E-state index in [9.17, 15) is 9.90 Å². The predicted molar refractivity (Wildman–Crippen MR) is 84.9 cm³/mol. The number of anilines is 1. The van der Waals surface area contributed by atoms with Crippen molar-refractivity contribution in [1.29, 1.82) is 0 Å². The van der Waals surface area contributed by atoms with Crippen LogP contribution in [-0.2, 0) is 0 Å². The molecule has 0 fully saturated rings. The number of pyridine rings is 1. The lowest BCUT2D eigenvalue weighted by Gasteiger charge is -2.28. The number of carboxylic acids is 1. The second-order valence-electron chi connectivity index (χ2n) is 4.76. The first-order valence-electron chi connectivity index (χ1n) is 6.39. The Morgan fingerprint density at radius 2 is 2.15 bits per heavy atom. The minimum absolute atomic E-state index is 0.244. The first kappa shape index (κ1) is 14.7. The molecule has 1 N–H and O–H groups in total. The van der Waals surface area contributed by atoms with E-state index in [4.69, 9.17) is 0 Å². The van der Waals surface area contributed by atoms with Gasteiger partial charge in [-0.2, -0.15) is 11.8 Å². The maximum absolute atomic E-state index is 11.5. The van der Waals surface area contributed by atoms with Crippen molar-refractivity contribution in [2.24, 2.45) is 0 Å². The lowest BCUT2D eigenvalue weighted by atomic mass is 10.1. The molecule has 1 aromatic heterocycles. The molecule has 20 heavy (non-hydrogen) atoms. The van der Waals surface area contributed by atoms with E-state index in [-0.39, 0.29) is 11.6 Å². The molecule has 2 rings (SSSR count). The third-order valence-electron chi connectivity index (χ3n) is 3.40. The summed E-state index contributed by atoms with van der Waals surface area (Å²) in [6, 6.07) is 7.88. The van der Waals surface area contributed by atoms with E-state index in [0.717, 1.165) is 22.3 Å². The van der Waals surface area contributed by atoms with Gasteiger partial charge in [0, 0.05) is 30.4 Å². The molecule has 2 aromatic rings. The Hall–Kier alpha value is -1.75. The van der Waals surface area contributed by atoms with Gasteiger partial charge in [0.1, 0.15) is 5.56 Å². The minimum atomic E-state index is -0.943. The smallest absolute Gasteiger partial charge is 0.339 e. The van der Waals surface area contributed by atoms with Gasteiger partial charge in [-0.3, -0.25) is 4.98 Å². The molecule has 0 saturated carbocycles. The zero-order valence-corrected chi connectivity index (χ0v) is 12.6. The molecule has 0 aliphatic carbocycles. The molecule has 0 radical (unpaired) electrons. The summed E-state index contributed by atoms with van der Waals surface area (Å²) in [6.07, 6.45) is 3.50. The van der Waals surface area contributed by atoms with Crippen LogP contribution in [0.25, 0.3) is 10.9 Å². The summed E-state index contributed by atoms with van der Waals surface area (Å²) in [5, 5.41) is 10.3. The van der Waals surface area contributed by atoms with Crippen LogP contribution >= 0.6 is 11.8 Å². The Kier molecular flexibility index (Phi) is 4.49. The van der Waals surface area contributed by atoms with Crippen LogP contribution < -0.4 is 4.90 Å². The molecule has 1 heterocycles. The van der Waals surface area contributed by atoms with Crippen molar-refractivity contribution in [3.05, 3.63) is 36.0 Å². The number of para-hydroxylation sites is 1. The molecule has 0 bridgehead atoms. The number of aromatic carboxylic acids is 1. The van der Waals surface area contributed by atoms with E-state index < -0.39 is 5.97 Å². The summed E-state index contributed by atoms with van der Waals surface area (Å²) in [6.45, 7) is 2.09. The number of aromatic nitrogens is 1. The SMILES string of the molecule is CSCC(C)N(C)c1c(C(=O)O)cnc2ccccc12. The van der Waals surface area contributed by atoms with Crippen molar-refractivity contribution in [2.75, 3.05) is 24.0 Å². The number of hydrogen-bond acceptors (Lipinski definition) is 4. The Bertz CT molecular complexity index is 630. The molecule has 0 saturated heterocycles. The highest BCUT2D eigenvalue weighted by molar-refractivity contribution is 7.98. The Labute approximate surface area is 122 Å². The van der Waals surface area contributed by atoms with Crippen LogP contribution in [-0.4, -0.2) is 41.2 Å². The summed E-state index contributed by atoms with van der Waals surface area (Å²) >= 11 is 1.75. The first-order valence-corrected chi connectivity index (χ1v) is 7.78. The molecule has 1 aromatic carbocycles. The third kappa shape index (κ3) is 2.72. The van der Waals surface area contributed by atoms with Crippen LogP contribution in [0.1, 0.15) is 17.3 Å². The van der Waals surface area contributed by atoms with E-state index in [1.165, 1.54) is 6.20 Å². The Balaban J connectivity index is 2.63. The molecular weight excluding hydrogens is 272 g/mol. The molecule has 106 valence electrons. The second-order valence-corrected chi connectivity index (χ2v) is 5.67. The predicted octanol–water partition coefficient (Wildman–Crippen LogP) is 3.12. The van der Waals surface area contributed by atoms with Crippen LogP contribution in [0.5, 0.6) is 0 Å². The van der Waals surface area contributed by atoms with Crippen molar-refractivity contribution in [3.8, 4) is 0 Å². The number of fused-ring (bicyclic) bond motifs is 1. The molecule has 4 nitrogen and oxygen atoms in total. The van der Waals surface area contributed by atoms with E-state index >= 15 is 0 Å². The Morgan fingerprint density at radius 3 is 2.80 bits per heavy atom. The lowest BCUT2D eigenvalue weighted by molar-refractivity contribution is 0.0697. The van der Waals surface area contributed by atoms with Crippen LogP contribution in [0.4, 0.5) is 5.69 Å². The van der Waals surface area contributed by atoms with Crippen LogP contribution in [0.2, 0.25) is 0 Å². The van der Waals surface area contributed by atoms with Crippen molar-refractivity contribution in [2.45, 2.75) is 13.0 Å². The average Bonchev–Trinajstić information content (AvgIpc) is 2.45. The van der Waals surface area contributed by atoms with Crippen LogP contribution in [0.15, 0.2) is 30.5 Å². The topological polar surface area (TPSA) is 53.4 Å². The number of carbonyl (C=O) groups is 1. The molecule has 0 aliphatic heterocycles. The highest BCUT2D eigenvalue weighted by Gasteiger charge is 2.20. The molecule has 1 unspecified atom stereocenters. The number of hydrogen-bond donors (Lipinski definition) is 1. The van der Waals surface area contributed by atoms with Gasteiger partial charge in [-0.05, 0) is 19.2 Å². The van der Waals surface area contributed by atoms with Crippen molar-refractivity contribution in [3.63, 3.8) is 0 Å². The number of rotatable bonds is 5. The fraction of sp³-hybridized carbons (Fsp3) is 0.333. The molecule has 0 aliphatic rings. The summed E-state index contributed by atoms with van der Waals surface area (Å²) in [4.78, 5) is 17.7. The van der Waals surface area contributed by atoms with Crippen LogP contribution in [0.3, 0.4) is 0 Å². The van der Waals surface area contributed by atoms with Gasteiger partial charge in [0.2, 0.25) is 0 Å². The highest BCUT2D eigenvalue weighted by atomic mass is 32.2. The van der Waals surface area contributed by atoms with Crippen molar-refractivity contribution >= 4 is 34.3 Å². The number of nitrogens with zero attached hydrogens (tertiary/aromatic N) is 2. The summed E-state index contributed by atoms with van der Waals surface area (Å²) in [5.41, 5.74) is 1.81. The number of thioether (sulfide) groups is 1. The fourth-order valence-corrected chi connectivity index (χ4v) is 2.94. The monoisotopic (exact) mass is 290 g/mol. The van der Waals surface area contributed by atoms with Crippen molar-refractivity contribution in [1.82, 2.24) is 4.98 Å². The summed E-state index contributed by atoms with van der Waals surface area (Å²) in [5.74, 6) is -0.00638. The van der Waals surface area contributed by atoms with Gasteiger partial charge in [-0.15, -0.1) is 0 Å². The van der Waals surface area contributed by atoms with Crippen LogP contribution in [0, 0.1) is 0 Å². The fourth-order valence-electron chi connectivity index (χ4n) is 2.24. The molecular formula is C15H18N2O2S. The van der Waals surface area contributed by atoms with Gasteiger partial charge in [-0.1, -0.05) is 18.2 Å². The molecule has 0 amide bonds. The zero-order chi connectivity index (χ0) is 14.7. The largest absolute Gasteiger partial charge is 0.478 e. The van der Waals surface area contributed by atoms with E-state index in [1.807, 2.05) is 42.5 Å². The van der Waals surface area contributed by atoms with Gasteiger partial charge in [0.15, 0.2) is 0 Å². The number of benzene rings is 1. The molecule has 1 atom stereocenters. The summed E-state index contributed by atoms with van der Waals surface area (Å²) < 4.78 is 0. The molecule has 5 heteroatoms. The van der Waals surface area contributed by atoms with E-state index in [0.29, 0.717) is 0 Å². The average molecular weight is 290 g/mol. The summed E-state index contributed by atoms with van der Waals surface area (Å²) in [7, 11) is 1.94. The van der Waals surface area contributed by atoms with Crippen molar-refractivity contribution < 1.29 is 9.90 Å². The second kappa shape index (κ2) is 6.13. The zero-order valence-electron chi connectivity index (χ0n) is 11.8. The van der Waals surface area contributed by atoms with E-state index in [2.05, 4.69) is 11.9 Å². The van der Waals surface area contributed by atoms with Gasteiger partial charge >= 0.3 is 5.97 Å². The highest BCUT2D eigenvalue weighted by Crippen LogP contribution is 2.30. The van der Waals surface area contributed by atoms with E-state index in [1.54, 1.807) is 11.8 Å². The maximum Gasteiger partial charge on any atom is 0.339 e. The Morgan fingerprint density at radius 1 is 1.45 bits per heavy atom. The van der Waals surface area contributed by atoms with Gasteiger partial charge in [-0.25, -0.2) is 4.79 Å². The lowest BCUT2D eigenvalue weighted by Crippen LogP contribution is -2.32. The molecule has 0 spiro atoms. The maximum atomic E-state index is 11.5. The number of carboxylic acid groups (broad SMARTS) is 1. The standard InChI is InChI=1S/C15H18N2O2S/c1-10(9-20-3)17(2)14-11-6-4-5-7-13(11)16-8-12(14)15(18)19/h4-8,10H,9H2,1-3H3,(H,18,19).